The first kappa shape index (κ1) is 18.0. The van der Waals surface area contributed by atoms with Gasteiger partial charge in [0.15, 0.2) is 5.92 Å². The minimum atomic E-state index is -1.56. The molecule has 0 aliphatic carbocycles. The second-order valence-electron chi connectivity index (χ2n) is 6.60. The van der Waals surface area contributed by atoms with E-state index in [1.807, 2.05) is 18.2 Å². The third-order valence-electron chi connectivity index (χ3n) is 5.16. The number of carbonyl (C=O) groups is 2. The van der Waals surface area contributed by atoms with Gasteiger partial charge in [0.25, 0.3) is 11.5 Å². The highest BCUT2D eigenvalue weighted by atomic mass is 16.7. The van der Waals surface area contributed by atoms with Gasteiger partial charge in [-0.3, -0.25) is 9.59 Å². The van der Waals surface area contributed by atoms with Crippen molar-refractivity contribution in [3.63, 3.8) is 0 Å². The Morgan fingerprint density at radius 2 is 1.93 bits per heavy atom. The maximum absolute atomic E-state index is 13.3. The third-order valence-corrected chi connectivity index (χ3v) is 5.16. The zero-order valence-corrected chi connectivity index (χ0v) is 15.8. The van der Waals surface area contributed by atoms with Gasteiger partial charge in [-0.1, -0.05) is 23.4 Å². The number of likely N-dealkylation sites (N-methyl/N-ethyl adjacent to an activating group) is 1. The minimum Gasteiger partial charge on any atom is -0.497 e. The first-order valence-corrected chi connectivity index (χ1v) is 8.99. The summed E-state index contributed by atoms with van der Waals surface area (Å²) in [7, 11) is 3.23. The summed E-state index contributed by atoms with van der Waals surface area (Å²) in [6.45, 7) is 1.91. The van der Waals surface area contributed by atoms with Crippen LogP contribution < -0.4 is 9.64 Å². The average molecular weight is 380 g/mol. The average Bonchev–Trinajstić information content (AvgIpc) is 3.22. The van der Waals surface area contributed by atoms with Gasteiger partial charge in [0, 0.05) is 18.2 Å². The van der Waals surface area contributed by atoms with Crippen LogP contribution in [0.5, 0.6) is 5.75 Å². The Balaban J connectivity index is 1.85. The van der Waals surface area contributed by atoms with Crippen LogP contribution in [0.4, 0.5) is 5.69 Å². The number of oxime groups is 1. The molecule has 1 spiro atoms. The fraction of sp³-hybridized carbons (Fsp3) is 0.286. The van der Waals surface area contributed by atoms with E-state index in [0.717, 1.165) is 0 Å². The zero-order chi connectivity index (χ0) is 19.9. The van der Waals surface area contributed by atoms with Gasteiger partial charge >= 0.3 is 5.97 Å². The second-order valence-corrected chi connectivity index (χ2v) is 6.60. The molecule has 0 aromatic heterocycles. The highest BCUT2D eigenvalue weighted by molar-refractivity contribution is 6.20. The van der Waals surface area contributed by atoms with E-state index >= 15 is 0 Å². The summed E-state index contributed by atoms with van der Waals surface area (Å²) in [5.41, 5.74) is 0.753. The highest BCUT2D eigenvalue weighted by Gasteiger charge is 2.65. The van der Waals surface area contributed by atoms with Gasteiger partial charge < -0.3 is 19.2 Å². The van der Waals surface area contributed by atoms with E-state index in [9.17, 15) is 9.59 Å². The molecule has 0 fully saturated rings. The predicted molar refractivity (Wildman–Crippen MR) is 102 cm³/mol. The Hall–Kier alpha value is -3.35. The van der Waals surface area contributed by atoms with E-state index in [1.54, 1.807) is 51.4 Å². The Morgan fingerprint density at radius 3 is 2.61 bits per heavy atom. The number of anilines is 1. The van der Waals surface area contributed by atoms with Gasteiger partial charge in [-0.25, -0.2) is 0 Å². The predicted octanol–water partition coefficient (Wildman–Crippen LogP) is 2.48. The van der Waals surface area contributed by atoms with Gasteiger partial charge in [-0.2, -0.15) is 0 Å². The smallest absolute Gasteiger partial charge is 0.320 e. The lowest BCUT2D eigenvalue weighted by atomic mass is 9.78. The molecular weight excluding hydrogens is 360 g/mol. The Labute approximate surface area is 162 Å². The third kappa shape index (κ3) is 2.39. The molecule has 0 saturated heterocycles. The zero-order valence-electron chi connectivity index (χ0n) is 15.8. The highest BCUT2D eigenvalue weighted by Crippen LogP contribution is 2.51. The maximum Gasteiger partial charge on any atom is 0.320 e. The number of amides is 1. The number of hydrogen-bond donors (Lipinski definition) is 0. The van der Waals surface area contributed by atoms with E-state index in [1.165, 1.54) is 4.90 Å². The number of benzene rings is 2. The largest absolute Gasteiger partial charge is 0.497 e. The van der Waals surface area contributed by atoms with Crippen molar-refractivity contribution < 1.29 is 23.9 Å². The summed E-state index contributed by atoms with van der Waals surface area (Å²) >= 11 is 0. The molecule has 2 aromatic rings. The molecule has 28 heavy (non-hydrogen) atoms. The summed E-state index contributed by atoms with van der Waals surface area (Å²) in [6, 6.07) is 14.3. The number of ether oxygens (including phenoxy) is 2. The standard InChI is InChI=1S/C21H20N2O5/c1-4-27-19(24)17-18(13-9-11-14(26-3)12-10-13)22-28-21(17)15-7-5-6-8-16(15)23(2)20(21)25/h5-12,17H,4H2,1-3H3/t17-,21+/m0/s1. The van der Waals surface area contributed by atoms with Crippen molar-refractivity contribution >= 4 is 23.3 Å². The quantitative estimate of drug-likeness (QED) is 0.762. The van der Waals surface area contributed by atoms with Crippen molar-refractivity contribution in [1.82, 2.24) is 0 Å². The molecule has 7 heteroatoms. The lowest BCUT2D eigenvalue weighted by Crippen LogP contribution is -2.49. The van der Waals surface area contributed by atoms with E-state index in [-0.39, 0.29) is 12.5 Å². The number of carbonyl (C=O) groups excluding carboxylic acids is 2. The Morgan fingerprint density at radius 1 is 1.21 bits per heavy atom. The number of hydrogen-bond acceptors (Lipinski definition) is 6. The van der Waals surface area contributed by atoms with Crippen molar-refractivity contribution in [2.45, 2.75) is 12.5 Å². The number of nitrogens with zero attached hydrogens (tertiary/aromatic N) is 2. The van der Waals surface area contributed by atoms with Crippen LogP contribution in [0.25, 0.3) is 0 Å². The van der Waals surface area contributed by atoms with E-state index < -0.39 is 17.5 Å². The molecule has 2 aromatic carbocycles. The summed E-state index contributed by atoms with van der Waals surface area (Å²) in [4.78, 5) is 33.6. The number of methoxy groups -OCH3 is 1. The number of para-hydroxylation sites is 1. The number of rotatable bonds is 4. The molecule has 0 bridgehead atoms. The lowest BCUT2D eigenvalue weighted by Gasteiger charge is -2.26. The van der Waals surface area contributed by atoms with Crippen LogP contribution in [0.2, 0.25) is 0 Å². The maximum atomic E-state index is 13.3. The summed E-state index contributed by atoms with van der Waals surface area (Å²) in [5, 5.41) is 4.19. The van der Waals surface area contributed by atoms with Crippen molar-refractivity contribution in [1.29, 1.82) is 0 Å². The number of esters is 1. The Kier molecular flexibility index (Phi) is 4.30. The molecule has 4 rings (SSSR count). The molecule has 1 amide bonds. The van der Waals surface area contributed by atoms with Crippen LogP contribution >= 0.6 is 0 Å². The van der Waals surface area contributed by atoms with Crippen molar-refractivity contribution in [3.8, 4) is 5.75 Å². The molecule has 0 N–H and O–H groups in total. The molecule has 2 aliphatic heterocycles. The normalized spacial score (nSPS) is 22.7. The summed E-state index contributed by atoms with van der Waals surface area (Å²) in [5.74, 6) is -1.24. The van der Waals surface area contributed by atoms with Crippen molar-refractivity contribution in [2.75, 3.05) is 25.7 Å². The van der Waals surface area contributed by atoms with Crippen LogP contribution in [0.1, 0.15) is 18.1 Å². The van der Waals surface area contributed by atoms with Crippen molar-refractivity contribution in [3.05, 3.63) is 59.7 Å². The van der Waals surface area contributed by atoms with E-state index in [2.05, 4.69) is 5.16 Å². The SMILES string of the molecule is CCOC(=O)[C@@H]1C(c2ccc(OC)cc2)=NO[C@@]12C(=O)N(C)c1ccccc12. The molecule has 2 heterocycles. The fourth-order valence-corrected chi connectivity index (χ4v) is 3.82. The van der Waals surface area contributed by atoms with Gasteiger partial charge in [0.2, 0.25) is 0 Å². The van der Waals surface area contributed by atoms with Crippen LogP contribution in [0, 0.1) is 5.92 Å². The molecule has 0 unspecified atom stereocenters. The second kappa shape index (κ2) is 6.67. The topological polar surface area (TPSA) is 77.4 Å². The fourth-order valence-electron chi connectivity index (χ4n) is 3.82. The molecule has 144 valence electrons. The van der Waals surface area contributed by atoms with Gasteiger partial charge in [-0.15, -0.1) is 0 Å². The van der Waals surface area contributed by atoms with Crippen LogP contribution in [-0.2, 0) is 24.8 Å². The first-order chi connectivity index (χ1) is 13.5. The molecule has 0 saturated carbocycles. The monoisotopic (exact) mass is 380 g/mol. The molecule has 2 aliphatic rings. The minimum absolute atomic E-state index is 0.187. The summed E-state index contributed by atoms with van der Waals surface area (Å²) in [6.07, 6.45) is 0. The summed E-state index contributed by atoms with van der Waals surface area (Å²) < 4.78 is 10.5. The lowest BCUT2D eigenvalue weighted by molar-refractivity contribution is -0.162. The van der Waals surface area contributed by atoms with Gasteiger partial charge in [-0.05, 0) is 37.3 Å². The van der Waals surface area contributed by atoms with Crippen LogP contribution in [0.15, 0.2) is 53.7 Å². The van der Waals surface area contributed by atoms with E-state index in [0.29, 0.717) is 28.3 Å². The van der Waals surface area contributed by atoms with Crippen molar-refractivity contribution in [2.24, 2.45) is 11.1 Å². The van der Waals surface area contributed by atoms with Crippen LogP contribution in [-0.4, -0.2) is 38.4 Å². The molecule has 7 nitrogen and oxygen atoms in total. The molecule has 2 atom stereocenters. The first-order valence-electron chi connectivity index (χ1n) is 8.99. The van der Waals surface area contributed by atoms with E-state index in [4.69, 9.17) is 14.3 Å². The molecule has 0 radical (unpaired) electrons. The number of fused-ring (bicyclic) bond motifs is 2. The Bertz CT molecular complexity index is 969. The van der Waals surface area contributed by atoms with Gasteiger partial charge in [0.1, 0.15) is 11.5 Å². The van der Waals surface area contributed by atoms with Crippen LogP contribution in [0.3, 0.4) is 0 Å². The van der Waals surface area contributed by atoms with Gasteiger partial charge in [0.05, 0.1) is 19.4 Å². The molecular formula is C21H20N2O5.